The Morgan fingerprint density at radius 2 is 2.00 bits per heavy atom. The van der Waals surface area contributed by atoms with Gasteiger partial charge in [-0.3, -0.25) is 14.5 Å². The van der Waals surface area contributed by atoms with Crippen LogP contribution in [0.4, 0.5) is 8.78 Å². The molecule has 0 saturated carbocycles. The van der Waals surface area contributed by atoms with Gasteiger partial charge in [-0.25, -0.2) is 8.78 Å². The Kier molecular flexibility index (Phi) is 3.60. The van der Waals surface area contributed by atoms with Crippen molar-refractivity contribution in [2.45, 2.75) is 26.4 Å². The van der Waals surface area contributed by atoms with Crippen LogP contribution in [-0.2, 0) is 9.59 Å². The summed E-state index contributed by atoms with van der Waals surface area (Å²) >= 11 is 0. The molecule has 20 heavy (non-hydrogen) atoms. The number of rotatable bonds is 3. The molecule has 1 aliphatic rings. The number of amides is 2. The van der Waals surface area contributed by atoms with E-state index in [2.05, 4.69) is 0 Å². The predicted molar refractivity (Wildman–Crippen MR) is 66.4 cm³/mol. The van der Waals surface area contributed by atoms with Crippen molar-refractivity contribution in [2.24, 2.45) is 5.41 Å². The van der Waals surface area contributed by atoms with Gasteiger partial charge in [-0.2, -0.15) is 0 Å². The maximum Gasteiger partial charge on any atom is 0.235 e. The molecule has 0 aliphatic carbocycles. The molecule has 1 atom stereocenters. The molecule has 0 spiro atoms. The number of aliphatic hydroxyl groups is 1. The molecule has 108 valence electrons. The predicted octanol–water partition coefficient (Wildman–Crippen LogP) is 1.78. The number of halogens is 2. The number of carbonyl (C=O) groups excluding carboxylic acids is 2. The Morgan fingerprint density at radius 3 is 2.55 bits per heavy atom. The van der Waals surface area contributed by atoms with E-state index in [4.69, 9.17) is 0 Å². The van der Waals surface area contributed by atoms with Crippen molar-refractivity contribution in [2.75, 3.05) is 6.54 Å². The zero-order valence-corrected chi connectivity index (χ0v) is 11.2. The number of hydrogen-bond donors (Lipinski definition) is 1. The Hall–Kier alpha value is -1.82. The lowest BCUT2D eigenvalue weighted by atomic mass is 9.92. The third kappa shape index (κ3) is 2.43. The van der Waals surface area contributed by atoms with Gasteiger partial charge in [-0.1, -0.05) is 26.0 Å². The van der Waals surface area contributed by atoms with Gasteiger partial charge in [0.15, 0.2) is 11.6 Å². The summed E-state index contributed by atoms with van der Waals surface area (Å²) in [7, 11) is 0. The van der Waals surface area contributed by atoms with Gasteiger partial charge < -0.3 is 5.11 Å². The summed E-state index contributed by atoms with van der Waals surface area (Å²) in [6.45, 7) is 2.88. The highest BCUT2D eigenvalue weighted by Gasteiger charge is 2.45. The number of nitrogens with zero attached hydrogens (tertiary/aromatic N) is 1. The van der Waals surface area contributed by atoms with Gasteiger partial charge in [0.05, 0.1) is 18.1 Å². The average molecular weight is 283 g/mol. The van der Waals surface area contributed by atoms with Crippen LogP contribution in [0.25, 0.3) is 0 Å². The largest absolute Gasteiger partial charge is 0.386 e. The Balaban J connectivity index is 2.20. The van der Waals surface area contributed by atoms with Crippen molar-refractivity contribution >= 4 is 11.8 Å². The second-order valence-corrected chi connectivity index (χ2v) is 5.53. The second kappa shape index (κ2) is 4.94. The first-order valence-corrected chi connectivity index (χ1v) is 6.21. The minimum Gasteiger partial charge on any atom is -0.386 e. The topological polar surface area (TPSA) is 57.6 Å². The Morgan fingerprint density at radius 1 is 1.35 bits per heavy atom. The molecule has 1 aliphatic heterocycles. The monoisotopic (exact) mass is 283 g/mol. The van der Waals surface area contributed by atoms with Crippen LogP contribution in [0.1, 0.15) is 31.9 Å². The second-order valence-electron chi connectivity index (χ2n) is 5.53. The van der Waals surface area contributed by atoms with E-state index < -0.39 is 35.0 Å². The van der Waals surface area contributed by atoms with Crippen molar-refractivity contribution in [3.8, 4) is 0 Å². The van der Waals surface area contributed by atoms with E-state index in [1.807, 2.05) is 0 Å². The van der Waals surface area contributed by atoms with E-state index >= 15 is 0 Å². The van der Waals surface area contributed by atoms with E-state index in [0.29, 0.717) is 0 Å². The number of β-amino-alcohol motifs (C(OH)–C–C–N with tert-alkyl or cyclic N) is 1. The third-order valence-electron chi connectivity index (χ3n) is 3.41. The third-order valence-corrected chi connectivity index (χ3v) is 3.41. The first-order chi connectivity index (χ1) is 9.24. The van der Waals surface area contributed by atoms with Crippen molar-refractivity contribution in [3.63, 3.8) is 0 Å². The van der Waals surface area contributed by atoms with Crippen molar-refractivity contribution in [1.29, 1.82) is 0 Å². The van der Waals surface area contributed by atoms with E-state index in [0.717, 1.165) is 11.0 Å². The minimum absolute atomic E-state index is 0.0458. The van der Waals surface area contributed by atoms with Crippen LogP contribution in [0, 0.1) is 17.0 Å². The number of benzene rings is 1. The molecule has 1 heterocycles. The lowest BCUT2D eigenvalue weighted by Gasteiger charge is -2.21. The number of imide groups is 1. The maximum absolute atomic E-state index is 13.5. The van der Waals surface area contributed by atoms with E-state index in [9.17, 15) is 23.5 Å². The van der Waals surface area contributed by atoms with Crippen molar-refractivity contribution in [3.05, 3.63) is 35.4 Å². The van der Waals surface area contributed by atoms with Gasteiger partial charge in [-0.05, 0) is 6.07 Å². The molecule has 1 saturated heterocycles. The average Bonchev–Trinajstić information content (AvgIpc) is 2.55. The summed E-state index contributed by atoms with van der Waals surface area (Å²) in [5, 5.41) is 9.94. The summed E-state index contributed by atoms with van der Waals surface area (Å²) in [6.07, 6.45) is -1.41. The van der Waals surface area contributed by atoms with Gasteiger partial charge in [0.25, 0.3) is 0 Å². The molecule has 6 heteroatoms. The van der Waals surface area contributed by atoms with E-state index in [1.54, 1.807) is 13.8 Å². The smallest absolute Gasteiger partial charge is 0.235 e. The lowest BCUT2D eigenvalue weighted by molar-refractivity contribution is -0.142. The minimum atomic E-state index is -1.45. The molecule has 0 aromatic heterocycles. The highest BCUT2D eigenvalue weighted by Crippen LogP contribution is 2.33. The first kappa shape index (κ1) is 14.6. The summed E-state index contributed by atoms with van der Waals surface area (Å²) in [6, 6.07) is 3.41. The van der Waals surface area contributed by atoms with Crippen molar-refractivity contribution < 1.29 is 23.5 Å². The van der Waals surface area contributed by atoms with Gasteiger partial charge >= 0.3 is 0 Å². The Labute approximate surface area is 115 Å². The fourth-order valence-corrected chi connectivity index (χ4v) is 2.26. The zero-order valence-electron chi connectivity index (χ0n) is 11.2. The van der Waals surface area contributed by atoms with Crippen LogP contribution >= 0.6 is 0 Å². The molecule has 2 rings (SSSR count). The standard InChI is InChI=1S/C14H15F2NO3/c1-14(2)6-11(19)17(13(14)20)7-10(18)8-4-3-5-9(15)12(8)16/h3-5,10,18H,6-7H2,1-2H3. The van der Waals surface area contributed by atoms with Crippen LogP contribution < -0.4 is 0 Å². The summed E-state index contributed by atoms with van der Waals surface area (Å²) in [4.78, 5) is 24.6. The molecule has 0 radical (unpaired) electrons. The lowest BCUT2D eigenvalue weighted by Crippen LogP contribution is -2.36. The highest BCUT2D eigenvalue weighted by molar-refractivity contribution is 6.05. The van der Waals surface area contributed by atoms with Crippen LogP contribution in [0.5, 0.6) is 0 Å². The number of likely N-dealkylation sites (tertiary alicyclic amines) is 1. The van der Waals surface area contributed by atoms with Crippen molar-refractivity contribution in [1.82, 2.24) is 4.90 Å². The number of carbonyl (C=O) groups is 2. The summed E-state index contributed by atoms with van der Waals surface area (Å²) in [5.41, 5.74) is -1.09. The van der Waals surface area contributed by atoms with Crippen LogP contribution in [0.3, 0.4) is 0 Å². The molecule has 1 aromatic rings. The summed E-state index contributed by atoms with van der Waals surface area (Å²) < 4.78 is 26.6. The molecule has 1 aromatic carbocycles. The molecule has 1 fully saturated rings. The molecule has 1 unspecified atom stereocenters. The van der Waals surface area contributed by atoms with Gasteiger partial charge in [-0.15, -0.1) is 0 Å². The fourth-order valence-electron chi connectivity index (χ4n) is 2.26. The van der Waals surface area contributed by atoms with Gasteiger partial charge in [0.1, 0.15) is 0 Å². The van der Waals surface area contributed by atoms with Crippen LogP contribution in [0.15, 0.2) is 18.2 Å². The Bertz CT molecular complexity index is 572. The van der Waals surface area contributed by atoms with Crippen LogP contribution in [0.2, 0.25) is 0 Å². The maximum atomic E-state index is 13.5. The van der Waals surface area contributed by atoms with E-state index in [1.165, 1.54) is 12.1 Å². The quantitative estimate of drug-likeness (QED) is 0.860. The highest BCUT2D eigenvalue weighted by atomic mass is 19.2. The molecule has 2 amide bonds. The number of aliphatic hydroxyl groups excluding tert-OH is 1. The van der Waals surface area contributed by atoms with Crippen LogP contribution in [-0.4, -0.2) is 28.4 Å². The molecule has 0 bridgehead atoms. The molecular weight excluding hydrogens is 268 g/mol. The fraction of sp³-hybridized carbons (Fsp3) is 0.429. The molecular formula is C14H15F2NO3. The molecule has 4 nitrogen and oxygen atoms in total. The SMILES string of the molecule is CC1(C)CC(=O)N(CC(O)c2cccc(F)c2F)C1=O. The number of hydrogen-bond acceptors (Lipinski definition) is 3. The van der Waals surface area contributed by atoms with Gasteiger partial charge in [0.2, 0.25) is 11.8 Å². The normalized spacial score (nSPS) is 19.6. The van der Waals surface area contributed by atoms with Gasteiger partial charge in [0, 0.05) is 12.0 Å². The molecule has 1 N–H and O–H groups in total. The first-order valence-electron chi connectivity index (χ1n) is 6.21. The zero-order chi connectivity index (χ0) is 15.1. The summed E-state index contributed by atoms with van der Waals surface area (Å²) in [5.74, 6) is -3.09. The van der Waals surface area contributed by atoms with E-state index in [-0.39, 0.29) is 18.5 Å².